The molecule has 2 fully saturated rings. The number of fused-ring (bicyclic) bond motifs is 1. The maximum absolute atomic E-state index is 13.3. The van der Waals surface area contributed by atoms with Gasteiger partial charge in [0.2, 0.25) is 17.7 Å². The van der Waals surface area contributed by atoms with Gasteiger partial charge in [0.1, 0.15) is 6.04 Å². The van der Waals surface area contributed by atoms with E-state index in [0.29, 0.717) is 17.3 Å². The number of hydrogen-bond acceptors (Lipinski definition) is 6. The standard InChI is InChI=1S/C24H29N3O3S2/c1-14-8-9-15(2)18(12-14)19-13-32-24(25-19)26-21(28)20(10-11-31-3)27-22(29)16-6-4-5-7-17(16)23(27)30/h8-9,12-13,16-17,20H,4-7,10-11H2,1-3H3,(H,25,26,28). The van der Waals surface area contributed by atoms with Gasteiger partial charge in [0.05, 0.1) is 17.5 Å². The fraction of sp³-hybridized carbons (Fsp3) is 0.500. The lowest BCUT2D eigenvalue weighted by Gasteiger charge is -2.25. The Morgan fingerprint density at radius 3 is 2.56 bits per heavy atom. The molecule has 1 aromatic carbocycles. The van der Waals surface area contributed by atoms with Crippen molar-refractivity contribution in [1.29, 1.82) is 0 Å². The molecule has 8 heteroatoms. The number of carbonyl (C=O) groups is 3. The highest BCUT2D eigenvalue weighted by atomic mass is 32.2. The van der Waals surface area contributed by atoms with E-state index in [-0.39, 0.29) is 29.6 Å². The summed E-state index contributed by atoms with van der Waals surface area (Å²) in [5, 5.41) is 5.30. The van der Waals surface area contributed by atoms with Crippen LogP contribution >= 0.6 is 23.1 Å². The van der Waals surface area contributed by atoms with E-state index in [2.05, 4.69) is 28.5 Å². The van der Waals surface area contributed by atoms with Crippen LogP contribution in [-0.2, 0) is 14.4 Å². The molecule has 4 rings (SSSR count). The first-order valence-electron chi connectivity index (χ1n) is 11.1. The van der Waals surface area contributed by atoms with Gasteiger partial charge in [-0.15, -0.1) is 11.3 Å². The van der Waals surface area contributed by atoms with Gasteiger partial charge in [-0.1, -0.05) is 30.5 Å². The summed E-state index contributed by atoms with van der Waals surface area (Å²) in [5.41, 5.74) is 4.11. The quantitative estimate of drug-likeness (QED) is 0.594. The maximum Gasteiger partial charge on any atom is 0.249 e. The summed E-state index contributed by atoms with van der Waals surface area (Å²) in [7, 11) is 0. The largest absolute Gasteiger partial charge is 0.300 e. The number of likely N-dealkylation sites (tertiary alicyclic amines) is 1. The first kappa shape index (κ1) is 23.0. The first-order chi connectivity index (χ1) is 15.4. The summed E-state index contributed by atoms with van der Waals surface area (Å²) in [6, 6.07) is 5.41. The van der Waals surface area contributed by atoms with Gasteiger partial charge < -0.3 is 5.32 Å². The number of aryl methyl sites for hydroxylation is 2. The summed E-state index contributed by atoms with van der Waals surface area (Å²) < 4.78 is 0. The molecule has 1 aliphatic heterocycles. The van der Waals surface area contributed by atoms with Crippen molar-refractivity contribution in [2.24, 2.45) is 11.8 Å². The Morgan fingerprint density at radius 1 is 1.22 bits per heavy atom. The lowest BCUT2D eigenvalue weighted by molar-refractivity contribution is -0.146. The second-order valence-electron chi connectivity index (χ2n) is 8.69. The van der Waals surface area contributed by atoms with E-state index >= 15 is 0 Å². The zero-order valence-electron chi connectivity index (χ0n) is 18.7. The average molecular weight is 472 g/mol. The number of amides is 3. The minimum absolute atomic E-state index is 0.170. The molecule has 3 atom stereocenters. The summed E-state index contributed by atoms with van der Waals surface area (Å²) in [6.45, 7) is 4.07. The third kappa shape index (κ3) is 4.48. The second-order valence-corrected chi connectivity index (χ2v) is 10.5. The highest BCUT2D eigenvalue weighted by Crippen LogP contribution is 2.39. The Labute approximate surface area is 197 Å². The summed E-state index contributed by atoms with van der Waals surface area (Å²) in [6.07, 6.45) is 5.83. The molecule has 1 N–H and O–H groups in total. The second kappa shape index (κ2) is 9.75. The van der Waals surface area contributed by atoms with Crippen LogP contribution in [0.3, 0.4) is 0 Å². The minimum atomic E-state index is -0.791. The van der Waals surface area contributed by atoms with E-state index in [1.807, 2.05) is 25.5 Å². The van der Waals surface area contributed by atoms with Crippen LogP contribution in [0.4, 0.5) is 5.13 Å². The van der Waals surface area contributed by atoms with Crippen molar-refractivity contribution in [2.45, 2.75) is 52.0 Å². The molecule has 2 aromatic rings. The molecule has 1 saturated carbocycles. The van der Waals surface area contributed by atoms with Crippen molar-refractivity contribution in [3.63, 3.8) is 0 Å². The number of carbonyl (C=O) groups excluding carboxylic acids is 3. The summed E-state index contributed by atoms with van der Waals surface area (Å²) >= 11 is 2.96. The molecule has 1 saturated heterocycles. The van der Waals surface area contributed by atoms with Crippen LogP contribution in [0.15, 0.2) is 23.6 Å². The first-order valence-corrected chi connectivity index (χ1v) is 13.4. The number of aromatic nitrogens is 1. The van der Waals surface area contributed by atoms with Gasteiger partial charge in [0.25, 0.3) is 0 Å². The highest BCUT2D eigenvalue weighted by molar-refractivity contribution is 7.98. The van der Waals surface area contributed by atoms with Crippen molar-refractivity contribution in [3.8, 4) is 11.3 Å². The minimum Gasteiger partial charge on any atom is -0.300 e. The van der Waals surface area contributed by atoms with Crippen LogP contribution in [0.1, 0.15) is 43.2 Å². The molecule has 3 amide bonds. The number of rotatable bonds is 7. The Kier molecular flexibility index (Phi) is 7.00. The topological polar surface area (TPSA) is 79.4 Å². The molecule has 2 aliphatic rings. The van der Waals surface area contributed by atoms with Crippen molar-refractivity contribution >= 4 is 46.0 Å². The molecule has 1 aliphatic carbocycles. The molecule has 3 unspecified atom stereocenters. The van der Waals surface area contributed by atoms with Crippen LogP contribution < -0.4 is 5.32 Å². The number of anilines is 1. The number of nitrogens with one attached hydrogen (secondary N) is 1. The predicted octanol–water partition coefficient (Wildman–Crippen LogP) is 4.66. The zero-order chi connectivity index (χ0) is 22.8. The van der Waals surface area contributed by atoms with Crippen LogP contribution in [-0.4, -0.2) is 45.7 Å². The van der Waals surface area contributed by atoms with Gasteiger partial charge in [-0.3, -0.25) is 19.3 Å². The van der Waals surface area contributed by atoms with Gasteiger partial charge in [-0.25, -0.2) is 4.98 Å². The SMILES string of the molecule is CSCCC(C(=O)Nc1nc(-c2cc(C)ccc2C)cs1)N1C(=O)C2CCCCC2C1=O. The average Bonchev–Trinajstić information content (AvgIpc) is 3.34. The highest BCUT2D eigenvalue weighted by Gasteiger charge is 2.51. The number of thioether (sulfide) groups is 1. The lowest BCUT2D eigenvalue weighted by Crippen LogP contribution is -2.48. The Bertz CT molecular complexity index is 1010. The molecule has 32 heavy (non-hydrogen) atoms. The van der Waals surface area contributed by atoms with Crippen LogP contribution in [0.2, 0.25) is 0 Å². The number of nitrogens with zero attached hydrogens (tertiary/aromatic N) is 2. The van der Waals surface area contributed by atoms with E-state index in [1.165, 1.54) is 16.2 Å². The van der Waals surface area contributed by atoms with Gasteiger partial charge in [-0.2, -0.15) is 11.8 Å². The van der Waals surface area contributed by atoms with Crippen molar-refractivity contribution in [3.05, 3.63) is 34.7 Å². The smallest absolute Gasteiger partial charge is 0.249 e. The van der Waals surface area contributed by atoms with E-state index in [1.54, 1.807) is 11.8 Å². The van der Waals surface area contributed by atoms with Crippen molar-refractivity contribution in [2.75, 3.05) is 17.3 Å². The fourth-order valence-electron chi connectivity index (χ4n) is 4.76. The van der Waals surface area contributed by atoms with Crippen molar-refractivity contribution in [1.82, 2.24) is 9.88 Å². The van der Waals surface area contributed by atoms with E-state index < -0.39 is 6.04 Å². The van der Waals surface area contributed by atoms with Crippen LogP contribution in [0, 0.1) is 25.7 Å². The zero-order valence-corrected chi connectivity index (χ0v) is 20.4. The van der Waals surface area contributed by atoms with Crippen LogP contribution in [0.5, 0.6) is 0 Å². The molecule has 0 radical (unpaired) electrons. The molecular weight excluding hydrogens is 442 g/mol. The number of imide groups is 1. The Hall–Kier alpha value is -2.19. The Morgan fingerprint density at radius 2 is 1.91 bits per heavy atom. The lowest BCUT2D eigenvalue weighted by atomic mass is 9.81. The van der Waals surface area contributed by atoms with Gasteiger partial charge in [-0.05, 0) is 56.7 Å². The van der Waals surface area contributed by atoms with E-state index in [9.17, 15) is 14.4 Å². The van der Waals surface area contributed by atoms with Gasteiger partial charge in [0.15, 0.2) is 5.13 Å². The summed E-state index contributed by atoms with van der Waals surface area (Å²) in [5.74, 6) is -0.488. The maximum atomic E-state index is 13.3. The third-order valence-electron chi connectivity index (χ3n) is 6.49. The molecular formula is C24H29N3O3S2. The van der Waals surface area contributed by atoms with Crippen LogP contribution in [0.25, 0.3) is 11.3 Å². The number of hydrogen-bond donors (Lipinski definition) is 1. The molecule has 170 valence electrons. The molecule has 1 aromatic heterocycles. The van der Waals surface area contributed by atoms with E-state index in [0.717, 1.165) is 48.1 Å². The summed E-state index contributed by atoms with van der Waals surface area (Å²) in [4.78, 5) is 45.3. The number of thiazole rings is 1. The third-order valence-corrected chi connectivity index (χ3v) is 7.89. The fourth-order valence-corrected chi connectivity index (χ4v) is 5.93. The number of benzene rings is 1. The molecule has 6 nitrogen and oxygen atoms in total. The molecule has 0 spiro atoms. The Balaban J connectivity index is 1.54. The molecule has 2 heterocycles. The van der Waals surface area contributed by atoms with E-state index in [4.69, 9.17) is 0 Å². The predicted molar refractivity (Wildman–Crippen MR) is 130 cm³/mol. The van der Waals surface area contributed by atoms with Gasteiger partial charge >= 0.3 is 0 Å². The monoisotopic (exact) mass is 471 g/mol. The normalized spacial score (nSPS) is 21.5. The van der Waals surface area contributed by atoms with Crippen molar-refractivity contribution < 1.29 is 14.4 Å². The van der Waals surface area contributed by atoms with Gasteiger partial charge in [0, 0.05) is 10.9 Å². The molecule has 0 bridgehead atoms.